The second-order valence-corrected chi connectivity index (χ2v) is 5.97. The van der Waals surface area contributed by atoms with Crippen LogP contribution in [0.3, 0.4) is 0 Å². The van der Waals surface area contributed by atoms with Crippen LogP contribution in [0.2, 0.25) is 0 Å². The summed E-state index contributed by atoms with van der Waals surface area (Å²) in [6, 6.07) is 19.1. The Kier molecular flexibility index (Phi) is 3.40. The molecule has 0 saturated heterocycles. The summed E-state index contributed by atoms with van der Waals surface area (Å²) in [6.45, 7) is 0. The summed E-state index contributed by atoms with van der Waals surface area (Å²) in [5, 5.41) is 1.90. The van der Waals surface area contributed by atoms with E-state index < -0.39 is 0 Å². The largest absolute Gasteiger partial charge is 0.305 e. The molecule has 1 aromatic carbocycles. The number of hydrogen-bond acceptors (Lipinski definition) is 3. The Morgan fingerprint density at radius 3 is 2.57 bits per heavy atom. The Balaban J connectivity index is 1.86. The van der Waals surface area contributed by atoms with E-state index in [2.05, 4.69) is 4.98 Å². The molecule has 1 amide bonds. The third-order valence-corrected chi connectivity index (χ3v) is 4.39. The number of pyridine rings is 1. The molecule has 0 unspecified atom stereocenters. The first-order valence-corrected chi connectivity index (χ1v) is 8.08. The average molecular weight is 319 g/mol. The molecule has 3 aromatic heterocycles. The van der Waals surface area contributed by atoms with Crippen LogP contribution in [0.15, 0.2) is 78.4 Å². The van der Waals surface area contributed by atoms with Crippen molar-refractivity contribution in [1.82, 2.24) is 9.38 Å². The highest BCUT2D eigenvalue weighted by Gasteiger charge is 2.22. The van der Waals surface area contributed by atoms with Crippen molar-refractivity contribution in [2.75, 3.05) is 4.90 Å². The molecule has 0 N–H and O–H groups in total. The van der Waals surface area contributed by atoms with Gasteiger partial charge in [0.05, 0.1) is 16.8 Å². The second kappa shape index (κ2) is 5.70. The fraction of sp³-hybridized carbons (Fsp3) is 0. The lowest BCUT2D eigenvalue weighted by molar-refractivity contribution is 0.100. The summed E-state index contributed by atoms with van der Waals surface area (Å²) >= 11 is 1.43. The Labute approximate surface area is 137 Å². The van der Waals surface area contributed by atoms with E-state index in [1.807, 2.05) is 82.8 Å². The predicted molar refractivity (Wildman–Crippen MR) is 92.4 cm³/mol. The van der Waals surface area contributed by atoms with Crippen LogP contribution in [0.5, 0.6) is 0 Å². The van der Waals surface area contributed by atoms with Gasteiger partial charge in [0.25, 0.3) is 5.91 Å². The Bertz CT molecular complexity index is 912. The number of fused-ring (bicyclic) bond motifs is 1. The molecule has 23 heavy (non-hydrogen) atoms. The number of para-hydroxylation sites is 1. The molecular formula is C18H13N3OS. The zero-order valence-electron chi connectivity index (χ0n) is 12.2. The van der Waals surface area contributed by atoms with Crippen molar-refractivity contribution in [2.45, 2.75) is 0 Å². The lowest BCUT2D eigenvalue weighted by atomic mass is 10.2. The first-order chi connectivity index (χ1) is 11.3. The highest BCUT2D eigenvalue weighted by Crippen LogP contribution is 2.28. The van der Waals surface area contributed by atoms with Crippen LogP contribution in [-0.4, -0.2) is 15.3 Å². The van der Waals surface area contributed by atoms with Gasteiger partial charge in [0.2, 0.25) is 0 Å². The fourth-order valence-electron chi connectivity index (χ4n) is 2.47. The lowest BCUT2D eigenvalue weighted by Crippen LogP contribution is -2.25. The minimum atomic E-state index is -0.0744. The summed E-state index contributed by atoms with van der Waals surface area (Å²) < 4.78 is 1.91. The van der Waals surface area contributed by atoms with Crippen LogP contribution >= 0.6 is 11.3 Å². The topological polar surface area (TPSA) is 37.6 Å². The van der Waals surface area contributed by atoms with Gasteiger partial charge in [-0.3, -0.25) is 9.69 Å². The van der Waals surface area contributed by atoms with E-state index in [-0.39, 0.29) is 5.91 Å². The maximum Gasteiger partial charge on any atom is 0.274 e. The third-order valence-electron chi connectivity index (χ3n) is 3.53. The standard InChI is InChI=1S/C18H13N3OS/c22-18(15-9-6-12-23-15)21(14-7-2-1-3-8-14)17-13-20-11-5-4-10-16(20)19-17/h1-13H. The third kappa shape index (κ3) is 2.51. The van der Waals surface area contributed by atoms with Crippen molar-refractivity contribution in [2.24, 2.45) is 0 Å². The maximum atomic E-state index is 13.0. The van der Waals surface area contributed by atoms with Crippen molar-refractivity contribution >= 4 is 34.4 Å². The van der Waals surface area contributed by atoms with Crippen molar-refractivity contribution in [3.8, 4) is 0 Å². The number of carbonyl (C=O) groups excluding carboxylic acids is 1. The number of thiophene rings is 1. The van der Waals surface area contributed by atoms with Crippen molar-refractivity contribution in [1.29, 1.82) is 0 Å². The summed E-state index contributed by atoms with van der Waals surface area (Å²) in [5.41, 5.74) is 1.61. The number of amides is 1. The van der Waals surface area contributed by atoms with E-state index in [4.69, 9.17) is 0 Å². The van der Waals surface area contributed by atoms with Crippen molar-refractivity contribution in [3.05, 3.63) is 83.3 Å². The molecule has 112 valence electrons. The van der Waals surface area contributed by atoms with E-state index in [9.17, 15) is 4.79 Å². The molecule has 4 aromatic rings. The molecular weight excluding hydrogens is 306 g/mol. The molecule has 4 nitrogen and oxygen atoms in total. The summed E-state index contributed by atoms with van der Waals surface area (Å²) in [6.07, 6.45) is 3.79. The van der Waals surface area contributed by atoms with Gasteiger partial charge in [-0.2, -0.15) is 0 Å². The number of anilines is 2. The molecule has 0 bridgehead atoms. The van der Waals surface area contributed by atoms with Gasteiger partial charge in [-0.15, -0.1) is 11.3 Å². The van der Waals surface area contributed by atoms with Crippen LogP contribution < -0.4 is 4.90 Å². The monoisotopic (exact) mass is 319 g/mol. The van der Waals surface area contributed by atoms with Crippen LogP contribution in [0.4, 0.5) is 11.5 Å². The molecule has 0 radical (unpaired) electrons. The molecule has 0 aliphatic carbocycles. The molecule has 3 heterocycles. The Hall–Kier alpha value is -2.92. The van der Waals surface area contributed by atoms with Crippen molar-refractivity contribution < 1.29 is 4.79 Å². The Morgan fingerprint density at radius 2 is 1.83 bits per heavy atom. The number of nitrogens with zero attached hydrogens (tertiary/aromatic N) is 3. The van der Waals surface area contributed by atoms with E-state index >= 15 is 0 Å². The lowest BCUT2D eigenvalue weighted by Gasteiger charge is -2.19. The van der Waals surface area contributed by atoms with E-state index in [0.29, 0.717) is 10.7 Å². The number of imidazole rings is 1. The van der Waals surface area contributed by atoms with Gasteiger partial charge in [-0.05, 0) is 35.7 Å². The zero-order chi connectivity index (χ0) is 15.6. The minimum absolute atomic E-state index is 0.0744. The average Bonchev–Trinajstić information content (AvgIpc) is 3.25. The Morgan fingerprint density at radius 1 is 1.00 bits per heavy atom. The van der Waals surface area contributed by atoms with Crippen LogP contribution in [0.1, 0.15) is 9.67 Å². The molecule has 0 atom stereocenters. The smallest absolute Gasteiger partial charge is 0.274 e. The van der Waals surface area contributed by atoms with Gasteiger partial charge in [0, 0.05) is 6.20 Å². The summed E-state index contributed by atoms with van der Waals surface area (Å²) in [7, 11) is 0. The van der Waals surface area contributed by atoms with Crippen LogP contribution in [0.25, 0.3) is 5.65 Å². The maximum absolute atomic E-state index is 13.0. The zero-order valence-corrected chi connectivity index (χ0v) is 13.0. The van der Waals surface area contributed by atoms with E-state index in [1.54, 1.807) is 4.90 Å². The van der Waals surface area contributed by atoms with Gasteiger partial charge in [-0.25, -0.2) is 4.98 Å². The molecule has 4 rings (SSSR count). The van der Waals surface area contributed by atoms with Gasteiger partial charge in [0.1, 0.15) is 5.65 Å². The molecule has 0 saturated carbocycles. The van der Waals surface area contributed by atoms with Gasteiger partial charge < -0.3 is 4.40 Å². The van der Waals surface area contributed by atoms with E-state index in [0.717, 1.165) is 11.3 Å². The van der Waals surface area contributed by atoms with Gasteiger partial charge in [0.15, 0.2) is 5.82 Å². The predicted octanol–water partition coefficient (Wildman–Crippen LogP) is 4.37. The number of hydrogen-bond donors (Lipinski definition) is 0. The summed E-state index contributed by atoms with van der Waals surface area (Å²) in [4.78, 5) is 19.9. The van der Waals surface area contributed by atoms with Crippen molar-refractivity contribution in [3.63, 3.8) is 0 Å². The highest BCUT2D eigenvalue weighted by atomic mass is 32.1. The minimum Gasteiger partial charge on any atom is -0.305 e. The summed E-state index contributed by atoms with van der Waals surface area (Å²) in [5.74, 6) is 0.537. The molecule has 0 aliphatic rings. The normalized spacial score (nSPS) is 10.8. The molecule has 0 spiro atoms. The quantitative estimate of drug-likeness (QED) is 0.562. The highest BCUT2D eigenvalue weighted by molar-refractivity contribution is 7.12. The van der Waals surface area contributed by atoms with Crippen LogP contribution in [-0.2, 0) is 0 Å². The first kappa shape index (κ1) is 13.7. The number of aromatic nitrogens is 2. The second-order valence-electron chi connectivity index (χ2n) is 5.02. The van der Waals surface area contributed by atoms with E-state index in [1.165, 1.54) is 11.3 Å². The SMILES string of the molecule is O=C(c1cccs1)N(c1ccccc1)c1cn2ccccc2n1. The molecule has 0 fully saturated rings. The van der Waals surface area contributed by atoms with Gasteiger partial charge >= 0.3 is 0 Å². The molecule has 0 aliphatic heterocycles. The van der Waals surface area contributed by atoms with Gasteiger partial charge in [-0.1, -0.05) is 30.3 Å². The fourth-order valence-corrected chi connectivity index (χ4v) is 3.12. The number of rotatable bonds is 3. The number of carbonyl (C=O) groups is 1. The first-order valence-electron chi connectivity index (χ1n) is 7.20. The van der Waals surface area contributed by atoms with Crippen LogP contribution in [0, 0.1) is 0 Å². The molecule has 5 heteroatoms. The number of benzene rings is 1.